The second-order valence-electron chi connectivity index (χ2n) is 2.85. The van der Waals surface area contributed by atoms with Gasteiger partial charge in [0.25, 0.3) is 0 Å². The molecule has 3 nitrogen and oxygen atoms in total. The van der Waals surface area contributed by atoms with Crippen molar-refractivity contribution in [2.24, 2.45) is 0 Å². The monoisotopic (exact) mass is 221 g/mol. The van der Waals surface area contributed by atoms with Gasteiger partial charge in [0.15, 0.2) is 11.4 Å². The Kier molecular flexibility index (Phi) is 4.72. The largest absolute Gasteiger partial charge is 0.358 e. The van der Waals surface area contributed by atoms with Crippen molar-refractivity contribution in [1.29, 1.82) is 0 Å². The summed E-state index contributed by atoms with van der Waals surface area (Å²) in [6.07, 6.45) is 3.11. The summed E-state index contributed by atoms with van der Waals surface area (Å²) in [6, 6.07) is 1.69. The first-order valence-corrected chi connectivity index (χ1v) is 5.47. The highest BCUT2D eigenvalue weighted by atomic mass is 32.2. The third kappa shape index (κ3) is 4.52. The molecule has 0 aromatic carbocycles. The van der Waals surface area contributed by atoms with Crippen LogP contribution in [-0.4, -0.2) is 22.1 Å². The van der Waals surface area contributed by atoms with Gasteiger partial charge in [-0.2, -0.15) is 0 Å². The van der Waals surface area contributed by atoms with E-state index in [1.807, 2.05) is 0 Å². The van der Waals surface area contributed by atoms with Gasteiger partial charge >= 0.3 is 0 Å². The van der Waals surface area contributed by atoms with E-state index in [4.69, 9.17) is 0 Å². The molecule has 0 aliphatic carbocycles. The summed E-state index contributed by atoms with van der Waals surface area (Å²) in [6.45, 7) is 1.54. The lowest BCUT2D eigenvalue weighted by Crippen LogP contribution is -1.83. The highest BCUT2D eigenvalue weighted by Crippen LogP contribution is 2.03. The number of H-pyrrole nitrogens is 1. The molecule has 4 heteroatoms. The third-order valence-electron chi connectivity index (χ3n) is 1.60. The number of aromatic nitrogens is 1. The molecule has 0 spiro atoms. The van der Waals surface area contributed by atoms with Gasteiger partial charge in [0.05, 0.1) is 5.69 Å². The lowest BCUT2D eigenvalue weighted by Gasteiger charge is -1.87. The molecule has 1 N–H and O–H groups in total. The Balaban J connectivity index is 2.37. The third-order valence-corrected chi connectivity index (χ3v) is 2.41. The van der Waals surface area contributed by atoms with Crippen LogP contribution < -0.4 is 0 Å². The topological polar surface area (TPSA) is 49.9 Å². The second-order valence-corrected chi connectivity index (χ2v) is 4.13. The molecule has 0 bridgehead atoms. The molecule has 0 atom stereocenters. The van der Waals surface area contributed by atoms with E-state index < -0.39 is 0 Å². The van der Waals surface area contributed by atoms with Gasteiger partial charge in [-0.3, -0.25) is 9.59 Å². The quantitative estimate of drug-likeness (QED) is 0.481. The summed E-state index contributed by atoms with van der Waals surface area (Å²) in [5.41, 5.74) is 1.32. The summed E-state index contributed by atoms with van der Waals surface area (Å²) >= 11 is 1.27. The van der Waals surface area contributed by atoms with Crippen LogP contribution in [0.4, 0.5) is 0 Å². The first kappa shape index (κ1) is 11.6. The maximum Gasteiger partial charge on any atom is 0.185 e. The molecule has 0 unspecified atom stereocenters. The Morgan fingerprint density at radius 1 is 1.67 bits per heavy atom. The van der Waals surface area contributed by atoms with Crippen molar-refractivity contribution in [1.82, 2.24) is 4.98 Å². The number of carbonyl (C=O) groups excluding carboxylic acids is 2. The molecule has 15 heavy (non-hydrogen) atoms. The zero-order valence-electron chi connectivity index (χ0n) is 8.37. The van der Waals surface area contributed by atoms with E-state index in [1.54, 1.807) is 19.2 Å². The van der Waals surface area contributed by atoms with Gasteiger partial charge in [-0.25, -0.2) is 0 Å². The molecule has 1 heterocycles. The molecule has 0 fully saturated rings. The first-order chi connectivity index (χ1) is 7.22. The average Bonchev–Trinajstić information content (AvgIpc) is 2.65. The number of hydrogen-bond acceptors (Lipinski definition) is 3. The number of aldehydes is 1. The fraction of sp³-hybridized carbons (Fsp3) is 0.273. The van der Waals surface area contributed by atoms with Crippen LogP contribution in [0.15, 0.2) is 12.3 Å². The Bertz CT molecular complexity index is 412. The predicted molar refractivity (Wildman–Crippen MR) is 60.8 cm³/mol. The number of rotatable bonds is 3. The van der Waals surface area contributed by atoms with Gasteiger partial charge in [0.2, 0.25) is 0 Å². The molecule has 0 aliphatic heterocycles. The Morgan fingerprint density at radius 3 is 3.07 bits per heavy atom. The molecule has 78 valence electrons. The van der Waals surface area contributed by atoms with Gasteiger partial charge < -0.3 is 4.98 Å². The Morgan fingerprint density at radius 2 is 2.47 bits per heavy atom. The lowest BCUT2D eigenvalue weighted by atomic mass is 10.3. The number of aromatic amines is 1. The molecule has 0 aliphatic rings. The van der Waals surface area contributed by atoms with Crippen LogP contribution >= 0.6 is 11.8 Å². The van der Waals surface area contributed by atoms with Crippen molar-refractivity contribution in [2.75, 3.05) is 5.75 Å². The van der Waals surface area contributed by atoms with Gasteiger partial charge in [0.1, 0.15) is 0 Å². The van der Waals surface area contributed by atoms with Crippen molar-refractivity contribution in [3.8, 4) is 11.8 Å². The highest BCUT2D eigenvalue weighted by molar-refractivity contribution is 8.13. The first-order valence-electron chi connectivity index (χ1n) is 4.48. The minimum atomic E-state index is 0.113. The van der Waals surface area contributed by atoms with E-state index in [1.165, 1.54) is 11.8 Å². The van der Waals surface area contributed by atoms with Crippen molar-refractivity contribution in [3.63, 3.8) is 0 Å². The summed E-state index contributed by atoms with van der Waals surface area (Å²) < 4.78 is 0. The standard InChI is InChI=1S/C11H11NO2S/c1-9(14)15-5-3-2-4-10-6-11(8-13)12-7-10/h6-8,12H,3,5H2,1H3. The van der Waals surface area contributed by atoms with E-state index in [0.717, 1.165) is 11.8 Å². The average molecular weight is 221 g/mol. The van der Waals surface area contributed by atoms with E-state index >= 15 is 0 Å². The van der Waals surface area contributed by atoms with Gasteiger partial charge in [0, 0.05) is 30.9 Å². The summed E-state index contributed by atoms with van der Waals surface area (Å²) in [4.78, 5) is 23.7. The van der Waals surface area contributed by atoms with Crippen LogP contribution in [0.1, 0.15) is 29.4 Å². The van der Waals surface area contributed by atoms with Crippen molar-refractivity contribution in [2.45, 2.75) is 13.3 Å². The van der Waals surface area contributed by atoms with Crippen LogP contribution in [0.25, 0.3) is 0 Å². The van der Waals surface area contributed by atoms with Gasteiger partial charge in [-0.15, -0.1) is 0 Å². The van der Waals surface area contributed by atoms with Crippen molar-refractivity contribution < 1.29 is 9.59 Å². The summed E-state index contributed by atoms with van der Waals surface area (Å²) in [7, 11) is 0. The van der Waals surface area contributed by atoms with E-state index in [2.05, 4.69) is 16.8 Å². The zero-order valence-corrected chi connectivity index (χ0v) is 9.19. The molecule has 0 saturated heterocycles. The Labute approximate surface area is 92.6 Å². The minimum Gasteiger partial charge on any atom is -0.358 e. The summed E-state index contributed by atoms with van der Waals surface area (Å²) in [5, 5.41) is 0.113. The minimum absolute atomic E-state index is 0.113. The van der Waals surface area contributed by atoms with Crippen LogP contribution in [0, 0.1) is 11.8 Å². The fourth-order valence-electron chi connectivity index (χ4n) is 0.963. The number of thioether (sulfide) groups is 1. The number of hydrogen-bond donors (Lipinski definition) is 1. The predicted octanol–water partition coefficient (Wildman–Crippen LogP) is 1.85. The van der Waals surface area contributed by atoms with Gasteiger partial charge in [-0.05, 0) is 6.07 Å². The maximum atomic E-state index is 10.6. The molecule has 1 rings (SSSR count). The van der Waals surface area contributed by atoms with E-state index in [0.29, 0.717) is 17.9 Å². The SMILES string of the molecule is CC(=O)SCCC#Cc1c[nH]c(C=O)c1. The maximum absolute atomic E-state index is 10.6. The normalized spacial score (nSPS) is 9.13. The second kappa shape index (κ2) is 6.10. The zero-order chi connectivity index (χ0) is 11.1. The fourth-order valence-corrected chi connectivity index (χ4v) is 1.45. The number of nitrogens with one attached hydrogen (secondary N) is 1. The van der Waals surface area contributed by atoms with E-state index in [9.17, 15) is 9.59 Å². The van der Waals surface area contributed by atoms with Crippen LogP contribution in [-0.2, 0) is 4.79 Å². The molecule has 0 saturated carbocycles. The van der Waals surface area contributed by atoms with Crippen LogP contribution in [0.3, 0.4) is 0 Å². The lowest BCUT2D eigenvalue weighted by molar-refractivity contribution is -0.109. The van der Waals surface area contributed by atoms with Crippen LogP contribution in [0.5, 0.6) is 0 Å². The van der Waals surface area contributed by atoms with Gasteiger partial charge in [-0.1, -0.05) is 23.6 Å². The molecular weight excluding hydrogens is 210 g/mol. The Hall–Kier alpha value is -1.47. The number of carbonyl (C=O) groups is 2. The van der Waals surface area contributed by atoms with E-state index in [-0.39, 0.29) is 5.12 Å². The van der Waals surface area contributed by atoms with Crippen molar-refractivity contribution in [3.05, 3.63) is 23.5 Å². The molecule has 1 aromatic heterocycles. The smallest absolute Gasteiger partial charge is 0.185 e. The molecule has 1 aromatic rings. The van der Waals surface area contributed by atoms with Crippen molar-refractivity contribution >= 4 is 23.2 Å². The van der Waals surface area contributed by atoms with Crippen LogP contribution in [0.2, 0.25) is 0 Å². The summed E-state index contributed by atoms with van der Waals surface area (Å²) in [5.74, 6) is 6.56. The highest BCUT2D eigenvalue weighted by Gasteiger charge is 1.93. The molecule has 0 amide bonds. The molecular formula is C11H11NO2S. The molecule has 0 radical (unpaired) electrons.